The van der Waals surface area contributed by atoms with Crippen molar-refractivity contribution in [3.05, 3.63) is 22.7 Å². The summed E-state index contributed by atoms with van der Waals surface area (Å²) in [7, 11) is 0. The summed E-state index contributed by atoms with van der Waals surface area (Å²) in [5, 5.41) is 8.97. The van der Waals surface area contributed by atoms with Crippen molar-refractivity contribution in [3.63, 3.8) is 0 Å². The van der Waals surface area contributed by atoms with Crippen LogP contribution in [-0.2, 0) is 13.0 Å². The minimum atomic E-state index is 0.537. The van der Waals surface area contributed by atoms with Gasteiger partial charge < -0.3 is 4.57 Å². The van der Waals surface area contributed by atoms with Crippen molar-refractivity contribution in [3.8, 4) is 0 Å². The highest BCUT2D eigenvalue weighted by Gasteiger charge is 2.27. The lowest BCUT2D eigenvalue weighted by molar-refractivity contribution is 0.220. The minimum absolute atomic E-state index is 0.537. The molecular weight excluding hydrogens is 316 g/mol. The van der Waals surface area contributed by atoms with Crippen molar-refractivity contribution < 1.29 is 0 Å². The van der Waals surface area contributed by atoms with Gasteiger partial charge in [0.05, 0.1) is 0 Å². The lowest BCUT2D eigenvalue weighted by Gasteiger charge is -2.32. The second-order valence-electron chi connectivity index (χ2n) is 6.03. The van der Waals surface area contributed by atoms with Crippen molar-refractivity contribution in [1.82, 2.24) is 19.7 Å². The van der Waals surface area contributed by atoms with E-state index in [1.807, 2.05) is 0 Å². The van der Waals surface area contributed by atoms with E-state index in [-0.39, 0.29) is 0 Å². The van der Waals surface area contributed by atoms with E-state index in [9.17, 15) is 0 Å². The molecule has 1 aromatic rings. The molecule has 1 saturated heterocycles. The van der Waals surface area contributed by atoms with Gasteiger partial charge in [-0.15, -0.1) is 10.2 Å². The number of hydrogen-bond acceptors (Lipinski definition) is 3. The molecule has 0 aliphatic carbocycles. The molecule has 0 aromatic carbocycles. The Hall–Kier alpha value is -0.680. The molecule has 0 N–H and O–H groups in total. The van der Waals surface area contributed by atoms with Gasteiger partial charge in [0.1, 0.15) is 11.6 Å². The predicted molar refractivity (Wildman–Crippen MR) is 84.1 cm³/mol. The Morgan fingerprint density at radius 3 is 2.95 bits per heavy atom. The van der Waals surface area contributed by atoms with E-state index in [0.717, 1.165) is 30.5 Å². The first kappa shape index (κ1) is 14.3. The van der Waals surface area contributed by atoms with Crippen LogP contribution in [0.3, 0.4) is 0 Å². The van der Waals surface area contributed by atoms with Gasteiger partial charge in [-0.05, 0) is 32.2 Å². The molecular formula is C15H23BrN4. The number of aromatic nitrogens is 3. The average molecular weight is 339 g/mol. The summed E-state index contributed by atoms with van der Waals surface area (Å²) in [5.41, 5.74) is 0. The highest BCUT2D eigenvalue weighted by molar-refractivity contribution is 9.11. The number of likely N-dealkylation sites (tertiary alicyclic amines) is 1. The van der Waals surface area contributed by atoms with Gasteiger partial charge in [-0.25, -0.2) is 0 Å². The van der Waals surface area contributed by atoms with E-state index < -0.39 is 0 Å². The standard InChI is InChI=1S/C15H23BrN4/c1-12(16)10-19-8-5-6-13(11-19)15-18-17-14-7-3-2-4-9-20(14)15/h13H,1-11H2/t13-/m0/s1. The molecule has 0 unspecified atom stereocenters. The van der Waals surface area contributed by atoms with E-state index in [2.05, 4.69) is 42.2 Å². The molecule has 1 atom stereocenters. The molecule has 3 heterocycles. The number of halogens is 1. The molecule has 5 heteroatoms. The first-order chi connectivity index (χ1) is 9.74. The Kier molecular flexibility index (Phi) is 4.56. The van der Waals surface area contributed by atoms with Crippen LogP contribution in [0.15, 0.2) is 11.1 Å². The molecule has 0 spiro atoms. The van der Waals surface area contributed by atoms with Crippen LogP contribution < -0.4 is 0 Å². The van der Waals surface area contributed by atoms with Gasteiger partial charge in [-0.1, -0.05) is 28.9 Å². The lowest BCUT2D eigenvalue weighted by Crippen LogP contribution is -2.36. The Balaban J connectivity index is 1.75. The second kappa shape index (κ2) is 6.39. The van der Waals surface area contributed by atoms with Crippen LogP contribution in [-0.4, -0.2) is 39.3 Å². The summed E-state index contributed by atoms with van der Waals surface area (Å²) in [6, 6.07) is 0. The van der Waals surface area contributed by atoms with E-state index in [0.29, 0.717) is 5.92 Å². The van der Waals surface area contributed by atoms with Crippen molar-refractivity contribution in [1.29, 1.82) is 0 Å². The summed E-state index contributed by atoms with van der Waals surface area (Å²) >= 11 is 3.48. The fraction of sp³-hybridized carbons (Fsp3) is 0.733. The molecule has 1 aromatic heterocycles. The smallest absolute Gasteiger partial charge is 0.137 e. The van der Waals surface area contributed by atoms with Crippen LogP contribution in [0.5, 0.6) is 0 Å². The third kappa shape index (κ3) is 3.14. The summed E-state index contributed by atoms with van der Waals surface area (Å²) in [6.07, 6.45) is 7.44. The number of nitrogens with zero attached hydrogens (tertiary/aromatic N) is 4. The van der Waals surface area contributed by atoms with Crippen molar-refractivity contribution in [2.45, 2.75) is 51.0 Å². The normalized spacial score (nSPS) is 24.1. The Labute approximate surface area is 129 Å². The summed E-state index contributed by atoms with van der Waals surface area (Å²) in [4.78, 5) is 2.48. The molecule has 4 nitrogen and oxygen atoms in total. The molecule has 2 aliphatic rings. The first-order valence-electron chi connectivity index (χ1n) is 7.71. The van der Waals surface area contributed by atoms with Crippen molar-refractivity contribution in [2.24, 2.45) is 0 Å². The van der Waals surface area contributed by atoms with Crippen LogP contribution in [0.2, 0.25) is 0 Å². The quantitative estimate of drug-likeness (QED) is 0.849. The van der Waals surface area contributed by atoms with E-state index in [1.54, 1.807) is 0 Å². The molecule has 110 valence electrons. The van der Waals surface area contributed by atoms with E-state index >= 15 is 0 Å². The number of piperidine rings is 1. The maximum atomic E-state index is 4.53. The summed E-state index contributed by atoms with van der Waals surface area (Å²) in [5.74, 6) is 2.97. The number of rotatable bonds is 3. The van der Waals surface area contributed by atoms with Gasteiger partial charge in [0.15, 0.2) is 0 Å². The van der Waals surface area contributed by atoms with Crippen LogP contribution in [0.4, 0.5) is 0 Å². The third-order valence-corrected chi connectivity index (χ3v) is 4.65. The van der Waals surface area contributed by atoms with Crippen LogP contribution in [0.25, 0.3) is 0 Å². The monoisotopic (exact) mass is 338 g/mol. The molecule has 0 saturated carbocycles. The Bertz CT molecular complexity index is 482. The SMILES string of the molecule is C=C(Br)CN1CCC[C@H](c2nnc3n2CCCCC3)C1. The van der Waals surface area contributed by atoms with Gasteiger partial charge in [0, 0.05) is 36.5 Å². The van der Waals surface area contributed by atoms with Gasteiger partial charge in [0.25, 0.3) is 0 Å². The molecule has 3 rings (SSSR count). The molecule has 1 fully saturated rings. The molecule has 0 amide bonds. The van der Waals surface area contributed by atoms with E-state index in [4.69, 9.17) is 0 Å². The zero-order valence-electron chi connectivity index (χ0n) is 12.0. The average Bonchev–Trinajstić information content (AvgIpc) is 2.67. The van der Waals surface area contributed by atoms with E-state index in [1.165, 1.54) is 50.3 Å². The zero-order chi connectivity index (χ0) is 13.9. The summed E-state index contributed by atoms with van der Waals surface area (Å²) < 4.78 is 3.47. The topological polar surface area (TPSA) is 34.0 Å². The highest BCUT2D eigenvalue weighted by Crippen LogP contribution is 2.28. The fourth-order valence-electron chi connectivity index (χ4n) is 3.46. The first-order valence-corrected chi connectivity index (χ1v) is 8.51. The highest BCUT2D eigenvalue weighted by atomic mass is 79.9. The van der Waals surface area contributed by atoms with Crippen LogP contribution in [0, 0.1) is 0 Å². The van der Waals surface area contributed by atoms with Crippen LogP contribution >= 0.6 is 15.9 Å². The molecule has 0 radical (unpaired) electrons. The van der Waals surface area contributed by atoms with Gasteiger partial charge >= 0.3 is 0 Å². The van der Waals surface area contributed by atoms with Gasteiger partial charge in [0.2, 0.25) is 0 Å². The second-order valence-corrected chi connectivity index (χ2v) is 7.15. The number of hydrogen-bond donors (Lipinski definition) is 0. The number of fused-ring (bicyclic) bond motifs is 1. The maximum Gasteiger partial charge on any atom is 0.137 e. The molecule has 0 bridgehead atoms. The number of aryl methyl sites for hydroxylation is 1. The zero-order valence-corrected chi connectivity index (χ0v) is 13.6. The molecule has 2 aliphatic heterocycles. The largest absolute Gasteiger partial charge is 0.315 e. The Morgan fingerprint density at radius 1 is 1.20 bits per heavy atom. The predicted octanol–water partition coefficient (Wildman–Crippen LogP) is 3.09. The van der Waals surface area contributed by atoms with Gasteiger partial charge in [-0.2, -0.15) is 0 Å². The van der Waals surface area contributed by atoms with Crippen LogP contribution in [0.1, 0.15) is 49.7 Å². The Morgan fingerprint density at radius 2 is 2.10 bits per heavy atom. The fourth-order valence-corrected chi connectivity index (χ4v) is 3.82. The van der Waals surface area contributed by atoms with Gasteiger partial charge in [-0.3, -0.25) is 4.90 Å². The summed E-state index contributed by atoms with van der Waals surface area (Å²) in [6.45, 7) is 8.27. The molecule has 20 heavy (non-hydrogen) atoms. The van der Waals surface area contributed by atoms with Crippen molar-refractivity contribution in [2.75, 3.05) is 19.6 Å². The maximum absolute atomic E-state index is 4.53. The minimum Gasteiger partial charge on any atom is -0.315 e. The van der Waals surface area contributed by atoms with Crippen molar-refractivity contribution >= 4 is 15.9 Å². The third-order valence-electron chi connectivity index (χ3n) is 4.40. The lowest BCUT2D eigenvalue weighted by atomic mass is 9.97.